The van der Waals surface area contributed by atoms with Gasteiger partial charge < -0.3 is 5.32 Å². The minimum atomic E-state index is 0.332. The highest BCUT2D eigenvalue weighted by atomic mass is 15.4. The lowest BCUT2D eigenvalue weighted by Gasteiger charge is -2.14. The summed E-state index contributed by atoms with van der Waals surface area (Å²) in [5.41, 5.74) is 3.39. The van der Waals surface area contributed by atoms with Gasteiger partial charge in [0.05, 0.1) is 5.69 Å². The molecule has 0 saturated carbocycles. The molecule has 2 heterocycles. The number of rotatable bonds is 6. The van der Waals surface area contributed by atoms with Gasteiger partial charge in [-0.25, -0.2) is 4.68 Å². The molecule has 0 saturated heterocycles. The van der Waals surface area contributed by atoms with Crippen LogP contribution in [0, 0.1) is 13.8 Å². The van der Waals surface area contributed by atoms with Gasteiger partial charge in [-0.05, 0) is 57.4 Å². The van der Waals surface area contributed by atoms with Crippen molar-refractivity contribution < 1.29 is 0 Å². The first-order valence-corrected chi connectivity index (χ1v) is 8.29. The van der Waals surface area contributed by atoms with Crippen LogP contribution >= 0.6 is 0 Å². The normalized spacial score (nSPS) is 12.1. The third-order valence-corrected chi connectivity index (χ3v) is 3.98. The molecule has 0 aliphatic heterocycles. The van der Waals surface area contributed by atoms with Crippen molar-refractivity contribution in [3.05, 3.63) is 65.5 Å². The van der Waals surface area contributed by atoms with Crippen molar-refractivity contribution in [1.29, 1.82) is 0 Å². The van der Waals surface area contributed by atoms with Crippen LogP contribution in [0.15, 0.2) is 48.5 Å². The lowest BCUT2D eigenvalue weighted by molar-refractivity contribution is 0.698. The van der Waals surface area contributed by atoms with E-state index in [1.165, 1.54) is 5.56 Å². The Morgan fingerprint density at radius 1 is 1.04 bits per heavy atom. The SMILES string of the molecule is Cc1cc(C)n(-c2ccc(NC(C)CCc3ccccc3)nn2)n1. The molecule has 1 atom stereocenters. The average molecular weight is 321 g/mol. The van der Waals surface area contributed by atoms with Crippen LogP contribution in [-0.4, -0.2) is 26.0 Å². The fourth-order valence-electron chi connectivity index (χ4n) is 2.73. The fraction of sp³-hybridized carbons (Fsp3) is 0.316. The smallest absolute Gasteiger partial charge is 0.176 e. The number of anilines is 1. The summed E-state index contributed by atoms with van der Waals surface area (Å²) in [5.74, 6) is 1.53. The van der Waals surface area contributed by atoms with Crippen molar-refractivity contribution in [2.45, 2.75) is 39.7 Å². The van der Waals surface area contributed by atoms with Gasteiger partial charge in [0.25, 0.3) is 0 Å². The lowest BCUT2D eigenvalue weighted by atomic mass is 10.1. The maximum atomic E-state index is 4.43. The standard InChI is InChI=1S/C19H23N5/c1-14(9-10-17-7-5-4-6-8-17)20-18-11-12-19(22-21-18)24-16(3)13-15(2)23-24/h4-8,11-14H,9-10H2,1-3H3,(H,20,21). The zero-order valence-corrected chi connectivity index (χ0v) is 14.4. The van der Waals surface area contributed by atoms with Crippen LogP contribution in [0.5, 0.6) is 0 Å². The number of nitrogens with zero attached hydrogens (tertiary/aromatic N) is 4. The molecule has 0 spiro atoms. The molecular weight excluding hydrogens is 298 g/mol. The summed E-state index contributed by atoms with van der Waals surface area (Å²) in [7, 11) is 0. The molecule has 1 N–H and O–H groups in total. The van der Waals surface area contributed by atoms with Crippen LogP contribution in [0.3, 0.4) is 0 Å². The molecule has 2 aromatic heterocycles. The van der Waals surface area contributed by atoms with E-state index in [1.807, 2.05) is 42.8 Å². The Morgan fingerprint density at radius 3 is 2.46 bits per heavy atom. The number of aromatic nitrogens is 4. The molecule has 5 nitrogen and oxygen atoms in total. The third kappa shape index (κ3) is 3.98. The summed E-state index contributed by atoms with van der Waals surface area (Å²) in [6, 6.07) is 16.8. The molecule has 3 rings (SSSR count). The molecule has 5 heteroatoms. The summed E-state index contributed by atoms with van der Waals surface area (Å²) in [5, 5.41) is 16.4. The Kier molecular flexibility index (Phi) is 4.89. The fourth-order valence-corrected chi connectivity index (χ4v) is 2.73. The molecule has 0 radical (unpaired) electrons. The predicted octanol–water partition coefficient (Wildman–Crippen LogP) is 3.71. The van der Waals surface area contributed by atoms with E-state index in [0.717, 1.165) is 35.9 Å². The van der Waals surface area contributed by atoms with E-state index in [2.05, 4.69) is 51.8 Å². The summed E-state index contributed by atoms with van der Waals surface area (Å²) in [6.07, 6.45) is 2.09. The van der Waals surface area contributed by atoms with Crippen molar-refractivity contribution in [1.82, 2.24) is 20.0 Å². The minimum absolute atomic E-state index is 0.332. The first-order valence-electron chi connectivity index (χ1n) is 8.29. The van der Waals surface area contributed by atoms with Crippen LogP contribution < -0.4 is 5.32 Å². The minimum Gasteiger partial charge on any atom is -0.366 e. The van der Waals surface area contributed by atoms with Gasteiger partial charge in [0.2, 0.25) is 0 Å². The highest BCUT2D eigenvalue weighted by Gasteiger charge is 2.07. The van der Waals surface area contributed by atoms with E-state index in [0.29, 0.717) is 6.04 Å². The third-order valence-electron chi connectivity index (χ3n) is 3.98. The Labute approximate surface area is 142 Å². The van der Waals surface area contributed by atoms with Crippen molar-refractivity contribution in [2.24, 2.45) is 0 Å². The van der Waals surface area contributed by atoms with Crippen LogP contribution in [0.2, 0.25) is 0 Å². The number of nitrogens with one attached hydrogen (secondary N) is 1. The Balaban J connectivity index is 1.58. The molecule has 0 amide bonds. The highest BCUT2D eigenvalue weighted by molar-refractivity contribution is 5.37. The van der Waals surface area contributed by atoms with Crippen LogP contribution in [0.4, 0.5) is 5.82 Å². The van der Waals surface area contributed by atoms with Crippen molar-refractivity contribution >= 4 is 5.82 Å². The Morgan fingerprint density at radius 2 is 1.83 bits per heavy atom. The molecule has 0 bridgehead atoms. The second-order valence-electron chi connectivity index (χ2n) is 6.19. The first kappa shape index (κ1) is 16.2. The molecular formula is C19H23N5. The molecule has 1 unspecified atom stereocenters. The molecule has 0 aliphatic rings. The first-order chi connectivity index (χ1) is 11.6. The predicted molar refractivity (Wildman–Crippen MR) is 96.5 cm³/mol. The zero-order chi connectivity index (χ0) is 16.9. The number of benzene rings is 1. The summed E-state index contributed by atoms with van der Waals surface area (Å²) >= 11 is 0. The second-order valence-corrected chi connectivity index (χ2v) is 6.19. The van der Waals surface area contributed by atoms with Crippen LogP contribution in [0.25, 0.3) is 5.82 Å². The van der Waals surface area contributed by atoms with E-state index in [-0.39, 0.29) is 0 Å². The topological polar surface area (TPSA) is 55.6 Å². The Hall–Kier alpha value is -2.69. The second kappa shape index (κ2) is 7.25. The lowest BCUT2D eigenvalue weighted by Crippen LogP contribution is -2.17. The van der Waals surface area contributed by atoms with Gasteiger partial charge in [-0.15, -0.1) is 10.2 Å². The molecule has 124 valence electrons. The van der Waals surface area contributed by atoms with Gasteiger partial charge in [-0.1, -0.05) is 30.3 Å². The Bertz CT molecular complexity index is 777. The van der Waals surface area contributed by atoms with Gasteiger partial charge in [0.1, 0.15) is 5.82 Å². The van der Waals surface area contributed by atoms with Crippen molar-refractivity contribution in [3.63, 3.8) is 0 Å². The van der Waals surface area contributed by atoms with Crippen LogP contribution in [-0.2, 0) is 6.42 Å². The van der Waals surface area contributed by atoms with E-state index < -0.39 is 0 Å². The van der Waals surface area contributed by atoms with Crippen molar-refractivity contribution in [2.75, 3.05) is 5.32 Å². The van der Waals surface area contributed by atoms with Crippen LogP contribution in [0.1, 0.15) is 30.3 Å². The summed E-state index contributed by atoms with van der Waals surface area (Å²) < 4.78 is 1.81. The highest BCUT2D eigenvalue weighted by Crippen LogP contribution is 2.12. The van der Waals surface area contributed by atoms with E-state index in [4.69, 9.17) is 0 Å². The summed E-state index contributed by atoms with van der Waals surface area (Å²) in [4.78, 5) is 0. The molecule has 0 fully saturated rings. The molecule has 0 aliphatic carbocycles. The largest absolute Gasteiger partial charge is 0.366 e. The quantitative estimate of drug-likeness (QED) is 0.752. The van der Waals surface area contributed by atoms with E-state index >= 15 is 0 Å². The maximum Gasteiger partial charge on any atom is 0.176 e. The maximum absolute atomic E-state index is 4.43. The van der Waals surface area contributed by atoms with Gasteiger partial charge in [0.15, 0.2) is 5.82 Å². The van der Waals surface area contributed by atoms with Gasteiger partial charge in [-0.3, -0.25) is 0 Å². The molecule has 3 aromatic rings. The van der Waals surface area contributed by atoms with Gasteiger partial charge in [-0.2, -0.15) is 5.10 Å². The average Bonchev–Trinajstić information content (AvgIpc) is 2.93. The molecule has 1 aromatic carbocycles. The zero-order valence-electron chi connectivity index (χ0n) is 14.4. The summed E-state index contributed by atoms with van der Waals surface area (Å²) in [6.45, 7) is 6.15. The number of hydrogen-bond donors (Lipinski definition) is 1. The van der Waals surface area contributed by atoms with Gasteiger partial charge in [0, 0.05) is 11.7 Å². The molecule has 24 heavy (non-hydrogen) atoms. The monoisotopic (exact) mass is 321 g/mol. The number of hydrogen-bond acceptors (Lipinski definition) is 4. The van der Waals surface area contributed by atoms with Crippen molar-refractivity contribution in [3.8, 4) is 5.82 Å². The van der Waals surface area contributed by atoms with E-state index in [9.17, 15) is 0 Å². The van der Waals surface area contributed by atoms with Gasteiger partial charge >= 0.3 is 0 Å². The van der Waals surface area contributed by atoms with E-state index in [1.54, 1.807) is 0 Å². The number of aryl methyl sites for hydroxylation is 3.